The molecule has 0 saturated heterocycles. The minimum atomic E-state index is -0.967. The third kappa shape index (κ3) is 3.15. The lowest BCUT2D eigenvalue weighted by molar-refractivity contribution is 0.0697. The fourth-order valence-corrected chi connectivity index (χ4v) is 2.27. The summed E-state index contributed by atoms with van der Waals surface area (Å²) < 4.78 is 0. The summed E-state index contributed by atoms with van der Waals surface area (Å²) in [5.74, 6) is 0.0454. The minimum absolute atomic E-state index is 0.191. The van der Waals surface area contributed by atoms with E-state index in [4.69, 9.17) is 5.11 Å². The molecule has 17 heavy (non-hydrogen) atoms. The van der Waals surface area contributed by atoms with Gasteiger partial charge in [0.15, 0.2) is 5.82 Å². The van der Waals surface area contributed by atoms with Gasteiger partial charge in [0.25, 0.3) is 0 Å². The summed E-state index contributed by atoms with van der Waals surface area (Å²) in [6, 6.07) is 1.47. The van der Waals surface area contributed by atoms with Crippen LogP contribution in [0.5, 0.6) is 0 Å². The Bertz CT molecular complexity index is 389. The first kappa shape index (κ1) is 11.8. The Labute approximate surface area is 100 Å². The molecule has 92 valence electrons. The van der Waals surface area contributed by atoms with E-state index in [9.17, 15) is 4.79 Å². The molecule has 2 rings (SSSR count). The third-order valence-corrected chi connectivity index (χ3v) is 3.23. The van der Waals surface area contributed by atoms with Crippen molar-refractivity contribution in [3.05, 3.63) is 17.8 Å². The van der Waals surface area contributed by atoms with Crippen LogP contribution in [0.2, 0.25) is 0 Å². The molecule has 1 heterocycles. The van der Waals surface area contributed by atoms with Crippen LogP contribution in [0, 0.1) is 5.92 Å². The zero-order chi connectivity index (χ0) is 12.1. The van der Waals surface area contributed by atoms with Gasteiger partial charge < -0.3 is 10.4 Å². The molecule has 0 aromatic carbocycles. The molecule has 0 atom stereocenters. The van der Waals surface area contributed by atoms with Gasteiger partial charge in [-0.05, 0) is 24.8 Å². The molecule has 1 aliphatic carbocycles. The van der Waals surface area contributed by atoms with Crippen LogP contribution in [0.4, 0.5) is 5.82 Å². The lowest BCUT2D eigenvalue weighted by atomic mass is 9.89. The van der Waals surface area contributed by atoms with E-state index in [1.807, 2.05) is 0 Å². The largest absolute Gasteiger partial charge is 0.478 e. The van der Waals surface area contributed by atoms with Gasteiger partial charge in [0.2, 0.25) is 0 Å². The summed E-state index contributed by atoms with van der Waals surface area (Å²) in [6.07, 6.45) is 7.71. The summed E-state index contributed by atoms with van der Waals surface area (Å²) in [6.45, 7) is 0.791. The molecule has 0 spiro atoms. The van der Waals surface area contributed by atoms with Gasteiger partial charge in [-0.25, -0.2) is 4.79 Å². The first-order valence-corrected chi connectivity index (χ1v) is 6.06. The smallest absolute Gasteiger partial charge is 0.339 e. The Morgan fingerprint density at radius 2 is 2.18 bits per heavy atom. The van der Waals surface area contributed by atoms with E-state index >= 15 is 0 Å². The van der Waals surface area contributed by atoms with Crippen molar-refractivity contribution >= 4 is 11.8 Å². The number of carbonyl (C=O) groups is 1. The lowest BCUT2D eigenvalue weighted by Crippen LogP contribution is -2.19. The van der Waals surface area contributed by atoms with Crippen molar-refractivity contribution in [1.29, 1.82) is 0 Å². The molecule has 0 amide bonds. The number of nitrogens with zero attached hydrogens (tertiary/aromatic N) is 2. The van der Waals surface area contributed by atoms with E-state index in [0.717, 1.165) is 6.54 Å². The zero-order valence-corrected chi connectivity index (χ0v) is 9.72. The van der Waals surface area contributed by atoms with Crippen molar-refractivity contribution in [2.24, 2.45) is 5.92 Å². The van der Waals surface area contributed by atoms with Gasteiger partial charge in [0.1, 0.15) is 5.56 Å². The highest BCUT2D eigenvalue weighted by molar-refractivity contribution is 5.92. The van der Waals surface area contributed by atoms with E-state index in [-0.39, 0.29) is 5.56 Å². The van der Waals surface area contributed by atoms with Crippen molar-refractivity contribution in [2.75, 3.05) is 11.9 Å². The topological polar surface area (TPSA) is 75.1 Å². The van der Waals surface area contributed by atoms with E-state index in [1.165, 1.54) is 44.4 Å². The molecule has 1 aromatic rings. The van der Waals surface area contributed by atoms with Crippen LogP contribution < -0.4 is 5.32 Å². The van der Waals surface area contributed by atoms with Crippen molar-refractivity contribution < 1.29 is 9.90 Å². The van der Waals surface area contributed by atoms with Crippen molar-refractivity contribution in [3.63, 3.8) is 0 Å². The number of rotatable bonds is 4. The van der Waals surface area contributed by atoms with Gasteiger partial charge in [-0.15, -0.1) is 5.10 Å². The van der Waals surface area contributed by atoms with Crippen molar-refractivity contribution in [2.45, 2.75) is 32.1 Å². The average molecular weight is 235 g/mol. The molecule has 0 bridgehead atoms. The zero-order valence-electron chi connectivity index (χ0n) is 9.72. The predicted octanol–water partition coefficient (Wildman–Crippen LogP) is 2.17. The molecule has 2 N–H and O–H groups in total. The Morgan fingerprint density at radius 3 is 2.88 bits per heavy atom. The quantitative estimate of drug-likeness (QED) is 0.836. The van der Waals surface area contributed by atoms with Crippen LogP contribution in [0.3, 0.4) is 0 Å². The molecule has 0 aliphatic heterocycles. The highest BCUT2D eigenvalue weighted by Crippen LogP contribution is 2.24. The minimum Gasteiger partial charge on any atom is -0.478 e. The van der Waals surface area contributed by atoms with Gasteiger partial charge in [0.05, 0.1) is 6.20 Å². The van der Waals surface area contributed by atoms with Crippen LogP contribution in [0.1, 0.15) is 42.5 Å². The van der Waals surface area contributed by atoms with Gasteiger partial charge in [-0.1, -0.05) is 19.3 Å². The van der Waals surface area contributed by atoms with Crippen molar-refractivity contribution in [3.8, 4) is 0 Å². The number of carboxylic acid groups (broad SMARTS) is 1. The van der Waals surface area contributed by atoms with Crippen LogP contribution in [0.25, 0.3) is 0 Å². The lowest BCUT2D eigenvalue weighted by Gasteiger charge is -2.22. The molecular weight excluding hydrogens is 218 g/mol. The Balaban J connectivity index is 1.96. The number of nitrogens with one attached hydrogen (secondary N) is 1. The molecule has 5 heteroatoms. The molecule has 1 fully saturated rings. The van der Waals surface area contributed by atoms with Crippen molar-refractivity contribution in [1.82, 2.24) is 10.2 Å². The number of carboxylic acids is 1. The number of anilines is 1. The summed E-state index contributed by atoms with van der Waals surface area (Å²) >= 11 is 0. The molecule has 1 saturated carbocycles. The van der Waals surface area contributed by atoms with E-state index in [2.05, 4.69) is 15.5 Å². The molecule has 0 radical (unpaired) electrons. The molecular formula is C12H17N3O2. The van der Waals surface area contributed by atoms with Crippen LogP contribution in [0.15, 0.2) is 12.3 Å². The first-order valence-electron chi connectivity index (χ1n) is 6.06. The van der Waals surface area contributed by atoms with Gasteiger partial charge in [-0.3, -0.25) is 0 Å². The fraction of sp³-hybridized carbons (Fsp3) is 0.583. The second-order valence-corrected chi connectivity index (χ2v) is 4.48. The standard InChI is InChI=1S/C12H17N3O2/c16-12(17)10-6-7-14-15-11(10)13-8-9-4-2-1-3-5-9/h6-7,9H,1-5,8H2,(H,13,15)(H,16,17). The average Bonchev–Trinajstić information content (AvgIpc) is 2.38. The van der Waals surface area contributed by atoms with Crippen LogP contribution in [-0.2, 0) is 0 Å². The second kappa shape index (κ2) is 5.61. The Hall–Kier alpha value is -1.65. The van der Waals surface area contributed by atoms with Gasteiger partial charge in [0, 0.05) is 6.54 Å². The number of hydrogen-bond acceptors (Lipinski definition) is 4. The maximum atomic E-state index is 11.0. The SMILES string of the molecule is O=C(O)c1ccnnc1NCC1CCCCC1. The molecule has 1 aromatic heterocycles. The monoisotopic (exact) mass is 235 g/mol. The first-order chi connectivity index (χ1) is 8.27. The second-order valence-electron chi connectivity index (χ2n) is 4.48. The van der Waals surface area contributed by atoms with Crippen LogP contribution >= 0.6 is 0 Å². The number of hydrogen-bond donors (Lipinski definition) is 2. The van der Waals surface area contributed by atoms with Gasteiger partial charge >= 0.3 is 5.97 Å². The van der Waals surface area contributed by atoms with E-state index in [1.54, 1.807) is 0 Å². The molecule has 5 nitrogen and oxygen atoms in total. The maximum Gasteiger partial charge on any atom is 0.339 e. The number of aromatic nitrogens is 2. The number of aromatic carboxylic acids is 1. The summed E-state index contributed by atoms with van der Waals surface area (Å²) in [5.41, 5.74) is 0.191. The highest BCUT2D eigenvalue weighted by Gasteiger charge is 2.15. The predicted molar refractivity (Wildman–Crippen MR) is 64.1 cm³/mol. The Morgan fingerprint density at radius 1 is 1.41 bits per heavy atom. The fourth-order valence-electron chi connectivity index (χ4n) is 2.27. The van der Waals surface area contributed by atoms with E-state index < -0.39 is 5.97 Å². The summed E-state index contributed by atoms with van der Waals surface area (Å²) in [4.78, 5) is 11.0. The van der Waals surface area contributed by atoms with Gasteiger partial charge in [-0.2, -0.15) is 5.10 Å². The third-order valence-electron chi connectivity index (χ3n) is 3.23. The van der Waals surface area contributed by atoms with Crippen LogP contribution in [-0.4, -0.2) is 27.8 Å². The molecule has 1 aliphatic rings. The summed E-state index contributed by atoms with van der Waals surface area (Å²) in [7, 11) is 0. The summed E-state index contributed by atoms with van der Waals surface area (Å²) in [5, 5.41) is 19.7. The highest BCUT2D eigenvalue weighted by atomic mass is 16.4. The van der Waals surface area contributed by atoms with E-state index in [0.29, 0.717) is 11.7 Å². The maximum absolute atomic E-state index is 11.0. The normalized spacial score (nSPS) is 16.7. The molecule has 0 unspecified atom stereocenters. The Kier molecular flexibility index (Phi) is 3.90.